The van der Waals surface area contributed by atoms with E-state index >= 15 is 0 Å². The topological polar surface area (TPSA) is 61.4 Å². The van der Waals surface area contributed by atoms with Gasteiger partial charge in [0.05, 0.1) is 6.54 Å². The van der Waals surface area contributed by atoms with Crippen LogP contribution in [-0.4, -0.2) is 29.7 Å². The van der Waals surface area contributed by atoms with Gasteiger partial charge in [0.15, 0.2) is 0 Å². The van der Waals surface area contributed by atoms with Gasteiger partial charge in [-0.25, -0.2) is 0 Å². The molecule has 0 bridgehead atoms. The van der Waals surface area contributed by atoms with Crippen LogP contribution in [0.15, 0.2) is 30.3 Å². The van der Waals surface area contributed by atoms with Gasteiger partial charge in [-0.05, 0) is 31.9 Å². The highest BCUT2D eigenvalue weighted by Gasteiger charge is 2.23. The molecule has 0 heterocycles. The zero-order chi connectivity index (χ0) is 13.4. The van der Waals surface area contributed by atoms with Crippen molar-refractivity contribution in [2.45, 2.75) is 32.2 Å². The van der Waals surface area contributed by atoms with Crippen molar-refractivity contribution in [3.05, 3.63) is 30.3 Å². The first-order chi connectivity index (χ1) is 8.59. The monoisotopic (exact) mass is 250 g/mol. The molecule has 0 saturated carbocycles. The summed E-state index contributed by atoms with van der Waals surface area (Å²) in [5, 5.41) is 15.0. The molecule has 1 unspecified atom stereocenters. The molecule has 0 saturated heterocycles. The molecule has 18 heavy (non-hydrogen) atoms. The third-order valence-electron chi connectivity index (χ3n) is 3.11. The van der Waals surface area contributed by atoms with E-state index in [1.54, 1.807) is 0 Å². The normalized spacial score (nSPS) is 13.7. The zero-order valence-corrected chi connectivity index (χ0v) is 11.1. The Morgan fingerprint density at radius 2 is 2.00 bits per heavy atom. The maximum atomic E-state index is 11.8. The van der Waals surface area contributed by atoms with Crippen LogP contribution < -0.4 is 10.6 Å². The predicted octanol–water partition coefficient (Wildman–Crippen LogP) is 1.77. The average Bonchev–Trinajstić information content (AvgIpc) is 2.38. The number of hydrogen-bond acceptors (Lipinski definition) is 3. The van der Waals surface area contributed by atoms with E-state index in [1.165, 1.54) is 0 Å². The van der Waals surface area contributed by atoms with Gasteiger partial charge in [0.1, 0.15) is 0 Å². The molecule has 4 heteroatoms. The van der Waals surface area contributed by atoms with Gasteiger partial charge in [0.2, 0.25) is 5.91 Å². The van der Waals surface area contributed by atoms with Crippen LogP contribution in [0, 0.1) is 0 Å². The molecular formula is C14H22N2O2. The van der Waals surface area contributed by atoms with Crippen molar-refractivity contribution in [2.24, 2.45) is 0 Å². The standard InChI is InChI=1S/C14H22N2O2/c1-3-14(2,9-10-17)16-13(18)11-15-12-7-5-4-6-8-12/h4-8,15,17H,3,9-11H2,1-2H3,(H,16,18). The van der Waals surface area contributed by atoms with Crippen molar-refractivity contribution < 1.29 is 9.90 Å². The number of amides is 1. The van der Waals surface area contributed by atoms with Crippen molar-refractivity contribution in [1.82, 2.24) is 5.32 Å². The Bertz CT molecular complexity index is 367. The largest absolute Gasteiger partial charge is 0.396 e. The molecule has 1 aromatic rings. The van der Waals surface area contributed by atoms with Gasteiger partial charge in [-0.3, -0.25) is 4.79 Å². The lowest BCUT2D eigenvalue weighted by Crippen LogP contribution is -2.48. The first-order valence-corrected chi connectivity index (χ1v) is 6.30. The van der Waals surface area contributed by atoms with Gasteiger partial charge in [0, 0.05) is 17.8 Å². The van der Waals surface area contributed by atoms with Gasteiger partial charge in [-0.2, -0.15) is 0 Å². The minimum atomic E-state index is -0.329. The Hall–Kier alpha value is -1.55. The van der Waals surface area contributed by atoms with Gasteiger partial charge in [-0.1, -0.05) is 25.1 Å². The second kappa shape index (κ2) is 7.01. The van der Waals surface area contributed by atoms with E-state index in [4.69, 9.17) is 5.11 Å². The van der Waals surface area contributed by atoms with Crippen molar-refractivity contribution in [2.75, 3.05) is 18.5 Å². The molecule has 3 N–H and O–H groups in total. The number of benzene rings is 1. The van der Waals surface area contributed by atoms with Gasteiger partial charge in [-0.15, -0.1) is 0 Å². The summed E-state index contributed by atoms with van der Waals surface area (Å²) < 4.78 is 0. The van der Waals surface area contributed by atoms with E-state index < -0.39 is 0 Å². The van der Waals surface area contributed by atoms with E-state index in [2.05, 4.69) is 10.6 Å². The maximum Gasteiger partial charge on any atom is 0.239 e. The first-order valence-electron chi connectivity index (χ1n) is 6.30. The Kier molecular flexibility index (Phi) is 5.65. The fraction of sp³-hybridized carbons (Fsp3) is 0.500. The molecule has 0 aliphatic carbocycles. The molecule has 0 spiro atoms. The van der Waals surface area contributed by atoms with E-state index in [0.29, 0.717) is 6.42 Å². The number of aliphatic hydroxyl groups excluding tert-OH is 1. The summed E-state index contributed by atoms with van der Waals surface area (Å²) in [6.07, 6.45) is 1.37. The second-order valence-electron chi connectivity index (χ2n) is 4.66. The number of aliphatic hydroxyl groups is 1. The lowest BCUT2D eigenvalue weighted by molar-refractivity contribution is -0.121. The number of carbonyl (C=O) groups excluding carboxylic acids is 1. The molecule has 1 atom stereocenters. The number of nitrogens with one attached hydrogen (secondary N) is 2. The predicted molar refractivity (Wildman–Crippen MR) is 73.5 cm³/mol. The molecule has 1 aromatic carbocycles. The highest BCUT2D eigenvalue weighted by atomic mass is 16.3. The van der Waals surface area contributed by atoms with E-state index in [-0.39, 0.29) is 24.6 Å². The van der Waals surface area contributed by atoms with Gasteiger partial charge in [0.25, 0.3) is 0 Å². The minimum Gasteiger partial charge on any atom is -0.396 e. The van der Waals surface area contributed by atoms with Crippen LogP contribution in [-0.2, 0) is 4.79 Å². The molecule has 0 aliphatic heterocycles. The van der Waals surface area contributed by atoms with Crippen molar-refractivity contribution in [3.8, 4) is 0 Å². The summed E-state index contributed by atoms with van der Waals surface area (Å²) in [5.74, 6) is -0.0587. The van der Waals surface area contributed by atoms with Crippen molar-refractivity contribution in [3.63, 3.8) is 0 Å². The van der Waals surface area contributed by atoms with E-state index in [0.717, 1.165) is 12.1 Å². The smallest absolute Gasteiger partial charge is 0.239 e. The van der Waals surface area contributed by atoms with Crippen LogP contribution >= 0.6 is 0 Å². The molecule has 1 amide bonds. The molecule has 0 aliphatic rings. The lowest BCUT2D eigenvalue weighted by atomic mass is 9.95. The summed E-state index contributed by atoms with van der Waals surface area (Å²) in [5.41, 5.74) is 0.595. The number of anilines is 1. The van der Waals surface area contributed by atoms with Crippen LogP contribution in [0.3, 0.4) is 0 Å². The van der Waals surface area contributed by atoms with Gasteiger partial charge < -0.3 is 15.7 Å². The third kappa shape index (κ3) is 4.75. The SMILES string of the molecule is CCC(C)(CCO)NC(=O)CNc1ccccc1. The summed E-state index contributed by atoms with van der Waals surface area (Å²) in [6.45, 7) is 4.27. The van der Waals surface area contributed by atoms with Crippen LogP contribution in [0.5, 0.6) is 0 Å². The first kappa shape index (κ1) is 14.5. The zero-order valence-electron chi connectivity index (χ0n) is 11.1. The molecule has 4 nitrogen and oxygen atoms in total. The molecule has 0 aromatic heterocycles. The average molecular weight is 250 g/mol. The van der Waals surface area contributed by atoms with Gasteiger partial charge >= 0.3 is 0 Å². The highest BCUT2D eigenvalue weighted by molar-refractivity contribution is 5.81. The van der Waals surface area contributed by atoms with Crippen molar-refractivity contribution >= 4 is 11.6 Å². The Balaban J connectivity index is 2.41. The molecule has 0 radical (unpaired) electrons. The Morgan fingerprint density at radius 1 is 1.33 bits per heavy atom. The summed E-state index contributed by atoms with van der Waals surface area (Å²) in [4.78, 5) is 11.8. The van der Waals surface area contributed by atoms with Crippen LogP contribution in [0.25, 0.3) is 0 Å². The fourth-order valence-electron chi connectivity index (χ4n) is 1.69. The Morgan fingerprint density at radius 3 is 2.56 bits per heavy atom. The van der Waals surface area contributed by atoms with Crippen molar-refractivity contribution in [1.29, 1.82) is 0 Å². The minimum absolute atomic E-state index is 0.0587. The molecule has 100 valence electrons. The number of rotatable bonds is 7. The van der Waals surface area contributed by atoms with Crippen LogP contribution in [0.4, 0.5) is 5.69 Å². The number of carbonyl (C=O) groups is 1. The number of para-hydroxylation sites is 1. The number of hydrogen-bond donors (Lipinski definition) is 3. The summed E-state index contributed by atoms with van der Waals surface area (Å²) in [6, 6.07) is 9.60. The lowest BCUT2D eigenvalue weighted by Gasteiger charge is -2.29. The van der Waals surface area contributed by atoms with E-state index in [9.17, 15) is 4.79 Å². The second-order valence-corrected chi connectivity index (χ2v) is 4.66. The fourth-order valence-corrected chi connectivity index (χ4v) is 1.69. The quantitative estimate of drug-likeness (QED) is 0.691. The summed E-state index contributed by atoms with van der Waals surface area (Å²) in [7, 11) is 0. The molecule has 1 rings (SSSR count). The van der Waals surface area contributed by atoms with E-state index in [1.807, 2.05) is 44.2 Å². The van der Waals surface area contributed by atoms with Crippen LogP contribution in [0.1, 0.15) is 26.7 Å². The van der Waals surface area contributed by atoms with Crippen LogP contribution in [0.2, 0.25) is 0 Å². The highest BCUT2D eigenvalue weighted by Crippen LogP contribution is 2.13. The molecule has 0 fully saturated rings. The third-order valence-corrected chi connectivity index (χ3v) is 3.11. The maximum absolute atomic E-state index is 11.8. The molecular weight excluding hydrogens is 228 g/mol. The summed E-state index contributed by atoms with van der Waals surface area (Å²) >= 11 is 0. The Labute approximate surface area is 108 Å².